The fourth-order valence-electron chi connectivity index (χ4n) is 2.51. The van der Waals surface area contributed by atoms with Gasteiger partial charge in [-0.3, -0.25) is 4.79 Å². The van der Waals surface area contributed by atoms with Gasteiger partial charge in [0.15, 0.2) is 15.1 Å². The first-order valence-corrected chi connectivity index (χ1v) is 8.80. The Labute approximate surface area is 135 Å². The van der Waals surface area contributed by atoms with E-state index in [-0.39, 0.29) is 11.3 Å². The maximum atomic E-state index is 12.7. The van der Waals surface area contributed by atoms with E-state index in [9.17, 15) is 18.3 Å². The third-order valence-corrected chi connectivity index (χ3v) is 6.03. The van der Waals surface area contributed by atoms with E-state index in [1.165, 1.54) is 6.07 Å². The Morgan fingerprint density at radius 1 is 1.09 bits per heavy atom. The van der Waals surface area contributed by atoms with Gasteiger partial charge < -0.3 is 10.8 Å². The van der Waals surface area contributed by atoms with Gasteiger partial charge in [-0.05, 0) is 29.7 Å². The number of hydrogen-bond donors (Lipinski definition) is 2. The first-order chi connectivity index (χ1) is 10.9. The van der Waals surface area contributed by atoms with Crippen LogP contribution in [0.3, 0.4) is 0 Å². The number of nitrogens with two attached hydrogens (primary N) is 1. The summed E-state index contributed by atoms with van der Waals surface area (Å²) in [5.74, 6) is -1.33. The number of carboxylic acids is 1. The topological polar surface area (TPSA) is 97.5 Å². The monoisotopic (exact) mass is 333 g/mol. The predicted molar refractivity (Wildman–Crippen MR) is 89.0 cm³/mol. The number of carbonyl (C=O) groups is 1. The molecule has 2 aromatic carbocycles. The molecule has 0 amide bonds. The first kappa shape index (κ1) is 17.0. The highest BCUT2D eigenvalue weighted by Crippen LogP contribution is 2.26. The second kappa shape index (κ2) is 6.83. The number of nitrogen functional groups attached to an aromatic ring is 1. The van der Waals surface area contributed by atoms with Crippen LogP contribution in [0, 0.1) is 0 Å². The zero-order valence-electron chi connectivity index (χ0n) is 12.8. The molecule has 5 nitrogen and oxygen atoms in total. The van der Waals surface area contributed by atoms with Crippen LogP contribution >= 0.6 is 0 Å². The predicted octanol–water partition coefficient (Wildman–Crippen LogP) is 2.50. The van der Waals surface area contributed by atoms with Crippen LogP contribution in [0.4, 0.5) is 5.69 Å². The molecule has 2 aromatic rings. The van der Waals surface area contributed by atoms with Crippen molar-refractivity contribution in [2.45, 2.75) is 29.9 Å². The number of para-hydroxylation sites is 1. The van der Waals surface area contributed by atoms with Gasteiger partial charge in [0, 0.05) is 12.1 Å². The lowest BCUT2D eigenvalue weighted by atomic mass is 10.0. The third kappa shape index (κ3) is 3.53. The fourth-order valence-corrected chi connectivity index (χ4v) is 4.29. The second-order valence-corrected chi connectivity index (χ2v) is 7.36. The smallest absolute Gasteiger partial charge is 0.322 e. The van der Waals surface area contributed by atoms with E-state index in [0.717, 1.165) is 5.56 Å². The van der Waals surface area contributed by atoms with E-state index in [1.807, 2.05) is 12.1 Å². The standard InChI is InChI=1S/C17H19NO4S/c1-2-15(17(19)20)23(21,22)16-10-6-4-8-13(16)11-12-7-3-5-9-14(12)18/h3-10,15H,2,11,18H2,1H3,(H,19,20). The van der Waals surface area contributed by atoms with Gasteiger partial charge in [0.2, 0.25) is 0 Å². The SMILES string of the molecule is CCC(C(=O)O)S(=O)(=O)c1ccccc1Cc1ccccc1N. The summed E-state index contributed by atoms with van der Waals surface area (Å²) in [4.78, 5) is 11.3. The van der Waals surface area contributed by atoms with Crippen molar-refractivity contribution >= 4 is 21.5 Å². The van der Waals surface area contributed by atoms with Crippen LogP contribution in [0.15, 0.2) is 53.4 Å². The molecular weight excluding hydrogens is 314 g/mol. The zero-order chi connectivity index (χ0) is 17.0. The van der Waals surface area contributed by atoms with E-state index in [0.29, 0.717) is 17.7 Å². The van der Waals surface area contributed by atoms with Crippen LogP contribution in [-0.2, 0) is 21.1 Å². The summed E-state index contributed by atoms with van der Waals surface area (Å²) in [7, 11) is -3.95. The molecule has 0 spiro atoms. The van der Waals surface area contributed by atoms with E-state index in [1.54, 1.807) is 37.3 Å². The molecule has 0 radical (unpaired) electrons. The fraction of sp³-hybridized carbons (Fsp3) is 0.235. The molecule has 0 aliphatic heterocycles. The molecule has 23 heavy (non-hydrogen) atoms. The van der Waals surface area contributed by atoms with Crippen LogP contribution in [0.1, 0.15) is 24.5 Å². The van der Waals surface area contributed by atoms with Gasteiger partial charge in [0.1, 0.15) is 0 Å². The van der Waals surface area contributed by atoms with Gasteiger partial charge in [0.25, 0.3) is 0 Å². The Balaban J connectivity index is 2.50. The molecule has 0 aliphatic carbocycles. The van der Waals surface area contributed by atoms with Crippen molar-refractivity contribution in [3.05, 3.63) is 59.7 Å². The minimum absolute atomic E-state index is 0.0134. The lowest BCUT2D eigenvalue weighted by Gasteiger charge is -2.15. The quantitative estimate of drug-likeness (QED) is 0.792. The van der Waals surface area contributed by atoms with Gasteiger partial charge in [0.05, 0.1) is 4.90 Å². The normalized spacial score (nSPS) is 12.7. The summed E-state index contributed by atoms with van der Waals surface area (Å²) in [5.41, 5.74) is 7.84. The number of benzene rings is 2. The summed E-state index contributed by atoms with van der Waals surface area (Å²) in [5, 5.41) is 7.75. The minimum Gasteiger partial charge on any atom is -0.480 e. The summed E-state index contributed by atoms with van der Waals surface area (Å²) in [6.07, 6.45) is 0.345. The maximum absolute atomic E-state index is 12.7. The Hall–Kier alpha value is -2.34. The van der Waals surface area contributed by atoms with Crippen LogP contribution in [-0.4, -0.2) is 24.7 Å². The molecule has 6 heteroatoms. The summed E-state index contributed by atoms with van der Waals surface area (Å²) < 4.78 is 25.4. The van der Waals surface area contributed by atoms with E-state index < -0.39 is 21.1 Å². The molecule has 122 valence electrons. The van der Waals surface area contributed by atoms with Crippen molar-refractivity contribution in [2.75, 3.05) is 5.73 Å². The zero-order valence-corrected chi connectivity index (χ0v) is 13.6. The van der Waals surface area contributed by atoms with Crippen LogP contribution in [0.5, 0.6) is 0 Å². The molecule has 2 rings (SSSR count). The maximum Gasteiger partial charge on any atom is 0.322 e. The lowest BCUT2D eigenvalue weighted by molar-refractivity contribution is -0.136. The number of anilines is 1. The molecule has 0 aromatic heterocycles. The molecular formula is C17H19NO4S. The van der Waals surface area contributed by atoms with Crippen molar-refractivity contribution in [1.82, 2.24) is 0 Å². The molecule has 1 atom stereocenters. The third-order valence-electron chi connectivity index (χ3n) is 3.74. The largest absolute Gasteiger partial charge is 0.480 e. The molecule has 1 unspecified atom stereocenters. The van der Waals surface area contributed by atoms with Crippen LogP contribution in [0.2, 0.25) is 0 Å². The highest BCUT2D eigenvalue weighted by Gasteiger charge is 2.33. The average Bonchev–Trinajstić information content (AvgIpc) is 2.50. The minimum atomic E-state index is -3.95. The van der Waals surface area contributed by atoms with Gasteiger partial charge in [-0.15, -0.1) is 0 Å². The molecule has 0 fully saturated rings. The lowest BCUT2D eigenvalue weighted by Crippen LogP contribution is -2.30. The molecule has 0 heterocycles. The van der Waals surface area contributed by atoms with Crippen molar-refractivity contribution in [3.63, 3.8) is 0 Å². The molecule has 0 aliphatic rings. The van der Waals surface area contributed by atoms with Crippen LogP contribution in [0.25, 0.3) is 0 Å². The number of hydrogen-bond acceptors (Lipinski definition) is 4. The van der Waals surface area contributed by atoms with Gasteiger partial charge in [-0.2, -0.15) is 0 Å². The van der Waals surface area contributed by atoms with Gasteiger partial charge in [-0.25, -0.2) is 8.42 Å². The number of rotatable bonds is 6. The number of aliphatic carboxylic acids is 1. The Kier molecular flexibility index (Phi) is 5.05. The second-order valence-electron chi connectivity index (χ2n) is 5.26. The van der Waals surface area contributed by atoms with Crippen LogP contribution < -0.4 is 5.73 Å². The first-order valence-electron chi connectivity index (χ1n) is 7.26. The summed E-state index contributed by atoms with van der Waals surface area (Å²) >= 11 is 0. The number of carboxylic acid groups (broad SMARTS) is 1. The van der Waals surface area contributed by atoms with Gasteiger partial charge >= 0.3 is 5.97 Å². The highest BCUT2D eigenvalue weighted by atomic mass is 32.2. The van der Waals surface area contributed by atoms with E-state index >= 15 is 0 Å². The molecule has 0 bridgehead atoms. The summed E-state index contributed by atoms with van der Waals surface area (Å²) in [6, 6.07) is 13.7. The Bertz CT molecular complexity index is 815. The van der Waals surface area contributed by atoms with Crippen molar-refractivity contribution in [1.29, 1.82) is 0 Å². The Morgan fingerprint density at radius 3 is 2.22 bits per heavy atom. The van der Waals surface area contributed by atoms with Crippen molar-refractivity contribution < 1.29 is 18.3 Å². The highest BCUT2D eigenvalue weighted by molar-refractivity contribution is 7.92. The molecule has 0 saturated carbocycles. The van der Waals surface area contributed by atoms with E-state index in [4.69, 9.17) is 5.73 Å². The van der Waals surface area contributed by atoms with Crippen molar-refractivity contribution in [3.8, 4) is 0 Å². The summed E-state index contributed by atoms with van der Waals surface area (Å²) in [6.45, 7) is 1.55. The van der Waals surface area contributed by atoms with Gasteiger partial charge in [-0.1, -0.05) is 43.3 Å². The van der Waals surface area contributed by atoms with Crippen molar-refractivity contribution in [2.24, 2.45) is 0 Å². The van der Waals surface area contributed by atoms with E-state index in [2.05, 4.69) is 0 Å². The Morgan fingerprint density at radius 2 is 1.65 bits per heavy atom. The average molecular weight is 333 g/mol. The molecule has 0 saturated heterocycles. The molecule has 3 N–H and O–H groups in total. The number of sulfone groups is 1.